The Labute approximate surface area is 172 Å². The first kappa shape index (κ1) is 19.1. The number of aromatic amines is 1. The molecular formula is C21H23F2N5O2. The lowest BCUT2D eigenvalue weighted by atomic mass is 9.95. The molecule has 3 heterocycles. The number of benzene rings is 1. The van der Waals surface area contributed by atoms with E-state index in [-0.39, 0.29) is 36.4 Å². The third-order valence-corrected chi connectivity index (χ3v) is 6.33. The predicted octanol–water partition coefficient (Wildman–Crippen LogP) is 2.72. The van der Waals surface area contributed by atoms with E-state index in [0.717, 1.165) is 49.5 Å². The topological polar surface area (TPSA) is 82.2 Å². The second kappa shape index (κ2) is 7.45. The van der Waals surface area contributed by atoms with Gasteiger partial charge in [-0.15, -0.1) is 0 Å². The summed E-state index contributed by atoms with van der Waals surface area (Å²) in [6.07, 6.45) is 3.94. The van der Waals surface area contributed by atoms with Gasteiger partial charge < -0.3 is 9.80 Å². The smallest absolute Gasteiger partial charge is 0.228 e. The molecule has 3 aliphatic rings. The van der Waals surface area contributed by atoms with Crippen LogP contribution in [0.5, 0.6) is 0 Å². The number of nitrogens with one attached hydrogen (secondary N) is 1. The van der Waals surface area contributed by atoms with Gasteiger partial charge in [-0.3, -0.25) is 14.7 Å². The van der Waals surface area contributed by atoms with Crippen LogP contribution in [0.3, 0.4) is 0 Å². The number of carbonyl (C=O) groups excluding carboxylic acids is 2. The van der Waals surface area contributed by atoms with Gasteiger partial charge in [-0.05, 0) is 37.8 Å². The average molecular weight is 415 g/mol. The number of hydrogen-bond acceptors (Lipinski definition) is 4. The highest BCUT2D eigenvalue weighted by Crippen LogP contribution is 2.39. The van der Waals surface area contributed by atoms with Crippen molar-refractivity contribution in [1.82, 2.24) is 20.1 Å². The SMILES string of the molecule is O=C(C1CC(=O)N(c2ccc(F)cc2F)C1)N1CCC(c2nc(C3CC3)n[nH]2)CC1. The number of rotatable bonds is 4. The predicted molar refractivity (Wildman–Crippen MR) is 104 cm³/mol. The first-order valence-corrected chi connectivity index (χ1v) is 10.5. The fourth-order valence-electron chi connectivity index (χ4n) is 4.43. The molecular weight excluding hydrogens is 392 g/mol. The summed E-state index contributed by atoms with van der Waals surface area (Å²) < 4.78 is 27.2. The van der Waals surface area contributed by atoms with Crippen molar-refractivity contribution < 1.29 is 18.4 Å². The minimum absolute atomic E-state index is 0.0206. The van der Waals surface area contributed by atoms with Gasteiger partial charge in [0.25, 0.3) is 0 Å². The number of likely N-dealkylation sites (tertiary alicyclic amines) is 1. The zero-order valence-electron chi connectivity index (χ0n) is 16.5. The molecule has 7 nitrogen and oxygen atoms in total. The largest absolute Gasteiger partial charge is 0.342 e. The van der Waals surface area contributed by atoms with Gasteiger partial charge in [0.05, 0.1) is 11.6 Å². The molecule has 158 valence electrons. The first-order valence-electron chi connectivity index (χ1n) is 10.5. The molecule has 2 aliphatic heterocycles. The molecule has 1 aromatic heterocycles. The van der Waals surface area contributed by atoms with Crippen molar-refractivity contribution in [2.75, 3.05) is 24.5 Å². The van der Waals surface area contributed by atoms with E-state index in [2.05, 4.69) is 15.2 Å². The number of halogens is 2. The summed E-state index contributed by atoms with van der Waals surface area (Å²) in [6.45, 7) is 1.31. The molecule has 9 heteroatoms. The van der Waals surface area contributed by atoms with Crippen molar-refractivity contribution in [2.24, 2.45) is 5.92 Å². The molecule has 2 aromatic rings. The molecule has 1 atom stereocenters. The lowest BCUT2D eigenvalue weighted by Crippen LogP contribution is -2.42. The highest BCUT2D eigenvalue weighted by Gasteiger charge is 2.39. The van der Waals surface area contributed by atoms with Crippen molar-refractivity contribution >= 4 is 17.5 Å². The summed E-state index contributed by atoms with van der Waals surface area (Å²) in [6, 6.07) is 3.11. The summed E-state index contributed by atoms with van der Waals surface area (Å²) >= 11 is 0. The van der Waals surface area contributed by atoms with Crippen LogP contribution in [-0.4, -0.2) is 51.5 Å². The van der Waals surface area contributed by atoms with Crippen LogP contribution < -0.4 is 4.90 Å². The normalized spacial score (nSPS) is 22.7. The summed E-state index contributed by atoms with van der Waals surface area (Å²) in [4.78, 5) is 33.0. The molecule has 1 N–H and O–H groups in total. The van der Waals surface area contributed by atoms with E-state index < -0.39 is 17.6 Å². The van der Waals surface area contributed by atoms with E-state index in [1.165, 1.54) is 11.0 Å². The Bertz CT molecular complexity index is 982. The van der Waals surface area contributed by atoms with Crippen LogP contribution in [0, 0.1) is 17.6 Å². The van der Waals surface area contributed by atoms with E-state index in [9.17, 15) is 18.4 Å². The Balaban J connectivity index is 1.20. The maximum Gasteiger partial charge on any atom is 0.228 e. The average Bonchev–Trinajstić information content (AvgIpc) is 3.34. The zero-order chi connectivity index (χ0) is 20.8. The van der Waals surface area contributed by atoms with Crippen molar-refractivity contribution in [2.45, 2.75) is 43.9 Å². The second-order valence-electron chi connectivity index (χ2n) is 8.45. The number of hydrogen-bond donors (Lipinski definition) is 1. The first-order chi connectivity index (χ1) is 14.5. The number of amides is 2. The Kier molecular flexibility index (Phi) is 4.75. The minimum Gasteiger partial charge on any atom is -0.342 e. The number of piperidine rings is 1. The summed E-state index contributed by atoms with van der Waals surface area (Å²) in [5, 5.41) is 7.37. The van der Waals surface area contributed by atoms with E-state index in [0.29, 0.717) is 19.0 Å². The highest BCUT2D eigenvalue weighted by atomic mass is 19.1. The Morgan fingerprint density at radius 3 is 2.57 bits per heavy atom. The molecule has 0 bridgehead atoms. The van der Waals surface area contributed by atoms with E-state index in [1.807, 2.05) is 0 Å². The maximum absolute atomic E-state index is 14.1. The molecule has 1 aliphatic carbocycles. The Morgan fingerprint density at radius 1 is 1.10 bits per heavy atom. The van der Waals surface area contributed by atoms with Crippen LogP contribution in [0.25, 0.3) is 0 Å². The third-order valence-electron chi connectivity index (χ3n) is 6.33. The van der Waals surface area contributed by atoms with Crippen LogP contribution >= 0.6 is 0 Å². The van der Waals surface area contributed by atoms with Gasteiger partial charge in [0, 0.05) is 44.0 Å². The number of H-pyrrole nitrogens is 1. The molecule has 0 spiro atoms. The van der Waals surface area contributed by atoms with Crippen LogP contribution in [-0.2, 0) is 9.59 Å². The zero-order valence-corrected chi connectivity index (χ0v) is 16.5. The highest BCUT2D eigenvalue weighted by molar-refractivity contribution is 6.00. The lowest BCUT2D eigenvalue weighted by Gasteiger charge is -2.32. The molecule has 1 unspecified atom stereocenters. The van der Waals surface area contributed by atoms with Gasteiger partial charge >= 0.3 is 0 Å². The Hall–Kier alpha value is -2.84. The van der Waals surface area contributed by atoms with Gasteiger partial charge in [0.2, 0.25) is 11.8 Å². The molecule has 2 amide bonds. The van der Waals surface area contributed by atoms with Gasteiger partial charge in [0.15, 0.2) is 5.82 Å². The van der Waals surface area contributed by atoms with E-state index in [4.69, 9.17) is 0 Å². The van der Waals surface area contributed by atoms with Gasteiger partial charge in [-0.25, -0.2) is 13.8 Å². The van der Waals surface area contributed by atoms with Crippen LogP contribution in [0.2, 0.25) is 0 Å². The summed E-state index contributed by atoms with van der Waals surface area (Å²) in [5.41, 5.74) is 0.0206. The number of anilines is 1. The minimum atomic E-state index is -0.796. The fraction of sp³-hybridized carbons (Fsp3) is 0.524. The summed E-state index contributed by atoms with van der Waals surface area (Å²) in [5.74, 6) is 0.161. The molecule has 1 aromatic carbocycles. The summed E-state index contributed by atoms with van der Waals surface area (Å²) in [7, 11) is 0. The van der Waals surface area contributed by atoms with Crippen molar-refractivity contribution in [1.29, 1.82) is 0 Å². The van der Waals surface area contributed by atoms with E-state index in [1.54, 1.807) is 4.90 Å². The molecule has 30 heavy (non-hydrogen) atoms. The van der Waals surface area contributed by atoms with Crippen molar-refractivity contribution in [3.8, 4) is 0 Å². The maximum atomic E-state index is 14.1. The molecule has 1 saturated carbocycles. The molecule has 5 rings (SSSR count). The monoisotopic (exact) mass is 415 g/mol. The number of aromatic nitrogens is 3. The molecule has 3 fully saturated rings. The van der Waals surface area contributed by atoms with Crippen molar-refractivity contribution in [3.05, 3.63) is 41.5 Å². The standard InChI is InChI=1S/C21H23F2N5O2/c22-15-3-4-17(16(23)10-15)28-11-14(9-18(28)29)21(30)27-7-5-13(6-8-27)20-24-19(25-26-20)12-1-2-12/h3-4,10,12-14H,1-2,5-9,11H2,(H,24,25,26). The van der Waals surface area contributed by atoms with Gasteiger partial charge in [-0.2, -0.15) is 5.10 Å². The van der Waals surface area contributed by atoms with Crippen LogP contribution in [0.1, 0.15) is 55.6 Å². The number of carbonyl (C=O) groups is 2. The fourth-order valence-corrected chi connectivity index (χ4v) is 4.43. The molecule has 2 saturated heterocycles. The van der Waals surface area contributed by atoms with Crippen LogP contribution in [0.4, 0.5) is 14.5 Å². The second-order valence-corrected chi connectivity index (χ2v) is 8.45. The van der Waals surface area contributed by atoms with Gasteiger partial charge in [0.1, 0.15) is 17.5 Å². The number of nitrogens with zero attached hydrogens (tertiary/aromatic N) is 4. The lowest BCUT2D eigenvalue weighted by molar-refractivity contribution is -0.136. The quantitative estimate of drug-likeness (QED) is 0.833. The van der Waals surface area contributed by atoms with Gasteiger partial charge in [-0.1, -0.05) is 0 Å². The third kappa shape index (κ3) is 3.57. The van der Waals surface area contributed by atoms with E-state index >= 15 is 0 Å². The Morgan fingerprint density at radius 2 is 1.87 bits per heavy atom. The molecule has 0 radical (unpaired) electrons. The van der Waals surface area contributed by atoms with Crippen LogP contribution in [0.15, 0.2) is 18.2 Å². The van der Waals surface area contributed by atoms with Crippen molar-refractivity contribution in [3.63, 3.8) is 0 Å².